The number of morpholine rings is 1. The quantitative estimate of drug-likeness (QED) is 0.772. The van der Waals surface area contributed by atoms with E-state index in [2.05, 4.69) is 4.72 Å². The minimum Gasteiger partial charge on any atom is -0.449 e. The number of nitrogens with one attached hydrogen (secondary N) is 1. The first-order valence-corrected chi connectivity index (χ1v) is 11.8. The van der Waals surface area contributed by atoms with Gasteiger partial charge in [-0.25, -0.2) is 13.1 Å². The smallest absolute Gasteiger partial charge is 0.290 e. The van der Waals surface area contributed by atoms with E-state index in [0.29, 0.717) is 49.4 Å². The molecule has 1 aromatic heterocycles. The molecule has 2 aliphatic heterocycles. The van der Waals surface area contributed by atoms with Gasteiger partial charge in [-0.3, -0.25) is 4.79 Å². The zero-order valence-corrected chi connectivity index (χ0v) is 18.4. The van der Waals surface area contributed by atoms with Crippen LogP contribution < -0.4 is 4.72 Å². The molecule has 1 aromatic carbocycles. The number of hydrogen-bond donors (Lipinski definition) is 1. The highest BCUT2D eigenvalue weighted by molar-refractivity contribution is 7.89. The topological polar surface area (TPSA) is 98.1 Å². The first-order chi connectivity index (χ1) is 14.3. The number of amides is 1. The van der Waals surface area contributed by atoms with Crippen LogP contribution in [0.5, 0.6) is 0 Å². The Morgan fingerprint density at radius 2 is 1.90 bits per heavy atom. The Kier molecular flexibility index (Phi) is 5.89. The van der Waals surface area contributed by atoms with Gasteiger partial charge in [0.1, 0.15) is 4.90 Å². The van der Waals surface area contributed by atoms with Gasteiger partial charge < -0.3 is 18.8 Å². The molecule has 0 bridgehead atoms. The molecule has 164 valence electrons. The van der Waals surface area contributed by atoms with Crippen molar-refractivity contribution in [3.63, 3.8) is 0 Å². The fourth-order valence-electron chi connectivity index (χ4n) is 4.06. The molecular formula is C21H28N2O6S. The number of rotatable bonds is 5. The van der Waals surface area contributed by atoms with Crippen LogP contribution in [0.1, 0.15) is 40.1 Å². The molecule has 9 heteroatoms. The maximum atomic E-state index is 13.2. The zero-order chi connectivity index (χ0) is 21.5. The van der Waals surface area contributed by atoms with Crippen molar-refractivity contribution >= 4 is 26.9 Å². The van der Waals surface area contributed by atoms with Gasteiger partial charge in [-0.1, -0.05) is 0 Å². The second-order valence-corrected chi connectivity index (χ2v) is 9.68. The number of ether oxygens (including phenoxy) is 2. The molecule has 1 N–H and O–H groups in total. The standard InChI is InChI=1S/C21H28N2O6S/c1-13-11-17-15(3)18(21(24)23-6-9-27-10-7-23)29-19(17)20(14(13)2)30(25,26)22-12-16-5-4-8-28-16/h11,16,22H,4-10,12H2,1-3H3/t16-/m0/s1. The van der Waals surface area contributed by atoms with Crippen molar-refractivity contribution in [1.29, 1.82) is 0 Å². The van der Waals surface area contributed by atoms with Gasteiger partial charge in [0.05, 0.1) is 19.3 Å². The van der Waals surface area contributed by atoms with Gasteiger partial charge >= 0.3 is 0 Å². The maximum Gasteiger partial charge on any atom is 0.290 e. The summed E-state index contributed by atoms with van der Waals surface area (Å²) in [5.74, 6) is -0.0505. The van der Waals surface area contributed by atoms with Gasteiger partial charge in [0.25, 0.3) is 5.91 Å². The zero-order valence-electron chi connectivity index (χ0n) is 17.6. The SMILES string of the molecule is Cc1cc2c(C)c(C(=O)N3CCOCC3)oc2c(S(=O)(=O)NC[C@@H]2CCCO2)c1C. The summed E-state index contributed by atoms with van der Waals surface area (Å²) < 4.78 is 45.9. The normalized spacial score (nSPS) is 20.2. The molecule has 4 rings (SSSR count). The minimum absolute atomic E-state index is 0.0969. The van der Waals surface area contributed by atoms with Crippen LogP contribution in [0.15, 0.2) is 15.4 Å². The number of nitrogens with zero attached hydrogens (tertiary/aromatic N) is 1. The molecule has 2 aliphatic rings. The van der Waals surface area contributed by atoms with Crippen molar-refractivity contribution in [3.8, 4) is 0 Å². The van der Waals surface area contributed by atoms with Crippen LogP contribution in [0, 0.1) is 20.8 Å². The molecule has 0 unspecified atom stereocenters. The molecule has 0 saturated carbocycles. The van der Waals surface area contributed by atoms with Gasteiger partial charge in [-0.05, 0) is 50.8 Å². The molecule has 2 aromatic rings. The molecule has 0 spiro atoms. The fraction of sp³-hybridized carbons (Fsp3) is 0.571. The number of carbonyl (C=O) groups is 1. The van der Waals surface area contributed by atoms with Crippen LogP contribution in [0.3, 0.4) is 0 Å². The Morgan fingerprint density at radius 1 is 1.17 bits per heavy atom. The van der Waals surface area contributed by atoms with Crippen molar-refractivity contribution in [1.82, 2.24) is 9.62 Å². The van der Waals surface area contributed by atoms with Gasteiger partial charge in [0.15, 0.2) is 11.3 Å². The van der Waals surface area contributed by atoms with Crippen LogP contribution in [0.25, 0.3) is 11.0 Å². The minimum atomic E-state index is -3.85. The predicted octanol–water partition coefficient (Wildman–Crippen LogP) is 2.29. The second kappa shape index (κ2) is 8.30. The largest absolute Gasteiger partial charge is 0.449 e. The summed E-state index contributed by atoms with van der Waals surface area (Å²) >= 11 is 0. The van der Waals surface area contributed by atoms with Gasteiger partial charge in [0.2, 0.25) is 10.0 Å². The lowest BCUT2D eigenvalue weighted by Gasteiger charge is -2.26. The second-order valence-electron chi connectivity index (χ2n) is 7.97. The lowest BCUT2D eigenvalue weighted by Crippen LogP contribution is -2.40. The Hall–Kier alpha value is -1.94. The average molecular weight is 437 g/mol. The highest BCUT2D eigenvalue weighted by atomic mass is 32.2. The molecule has 30 heavy (non-hydrogen) atoms. The summed E-state index contributed by atoms with van der Waals surface area (Å²) in [5, 5.41) is 0.646. The van der Waals surface area contributed by atoms with E-state index < -0.39 is 10.0 Å². The highest BCUT2D eigenvalue weighted by Gasteiger charge is 2.30. The number of sulfonamides is 1. The van der Waals surface area contributed by atoms with Crippen LogP contribution in [0.2, 0.25) is 0 Å². The highest BCUT2D eigenvalue weighted by Crippen LogP contribution is 2.35. The van der Waals surface area contributed by atoms with Crippen LogP contribution in [-0.2, 0) is 19.5 Å². The molecule has 1 amide bonds. The summed E-state index contributed by atoms with van der Waals surface area (Å²) in [6.07, 6.45) is 1.66. The molecule has 2 fully saturated rings. The van der Waals surface area contributed by atoms with E-state index in [9.17, 15) is 13.2 Å². The third-order valence-electron chi connectivity index (χ3n) is 5.98. The van der Waals surface area contributed by atoms with Crippen LogP contribution in [-0.4, -0.2) is 64.8 Å². The molecule has 0 radical (unpaired) electrons. The van der Waals surface area contributed by atoms with Crippen molar-refractivity contribution < 1.29 is 27.1 Å². The Balaban J connectivity index is 1.75. The summed E-state index contributed by atoms with van der Waals surface area (Å²) in [6, 6.07) is 1.89. The Labute approximate surface area is 176 Å². The first-order valence-electron chi connectivity index (χ1n) is 10.3. The average Bonchev–Trinajstić information content (AvgIpc) is 3.36. The summed E-state index contributed by atoms with van der Waals surface area (Å²) in [7, 11) is -3.85. The van der Waals surface area contributed by atoms with E-state index in [-0.39, 0.29) is 34.8 Å². The van der Waals surface area contributed by atoms with Crippen LogP contribution in [0.4, 0.5) is 0 Å². The monoisotopic (exact) mass is 436 g/mol. The van der Waals surface area contributed by atoms with Crippen molar-refractivity contribution in [3.05, 3.63) is 28.5 Å². The van der Waals surface area contributed by atoms with E-state index >= 15 is 0 Å². The molecule has 3 heterocycles. The van der Waals surface area contributed by atoms with Crippen molar-refractivity contribution in [2.45, 2.75) is 44.6 Å². The van der Waals surface area contributed by atoms with Gasteiger partial charge in [-0.15, -0.1) is 0 Å². The number of aryl methyl sites for hydroxylation is 2. The number of carbonyl (C=O) groups excluding carboxylic acids is 1. The van der Waals surface area contributed by atoms with Crippen molar-refractivity contribution in [2.24, 2.45) is 0 Å². The van der Waals surface area contributed by atoms with Crippen molar-refractivity contribution in [2.75, 3.05) is 39.5 Å². The number of hydrogen-bond acceptors (Lipinski definition) is 6. The molecule has 0 aliphatic carbocycles. The third-order valence-corrected chi connectivity index (χ3v) is 7.55. The number of fused-ring (bicyclic) bond motifs is 1. The molecule has 8 nitrogen and oxygen atoms in total. The van der Waals surface area contributed by atoms with Gasteiger partial charge in [0, 0.05) is 37.2 Å². The predicted molar refractivity (Wildman–Crippen MR) is 111 cm³/mol. The third kappa shape index (κ3) is 3.87. The summed E-state index contributed by atoms with van der Waals surface area (Å²) in [5.41, 5.74) is 2.32. The van der Waals surface area contributed by atoms with E-state index in [4.69, 9.17) is 13.9 Å². The Bertz CT molecular complexity index is 1060. The number of furan rings is 1. The van der Waals surface area contributed by atoms with E-state index in [1.54, 1.807) is 18.7 Å². The molecular weight excluding hydrogens is 408 g/mol. The summed E-state index contributed by atoms with van der Waals surface area (Å²) in [4.78, 5) is 14.8. The van der Waals surface area contributed by atoms with E-state index in [1.165, 1.54) is 0 Å². The lowest BCUT2D eigenvalue weighted by molar-refractivity contribution is 0.0283. The van der Waals surface area contributed by atoms with Gasteiger partial charge in [-0.2, -0.15) is 0 Å². The first kappa shape index (κ1) is 21.3. The fourth-order valence-corrected chi connectivity index (χ4v) is 5.57. The maximum absolute atomic E-state index is 13.2. The van der Waals surface area contributed by atoms with E-state index in [0.717, 1.165) is 18.4 Å². The molecule has 2 saturated heterocycles. The van der Waals surface area contributed by atoms with Crippen LogP contribution >= 0.6 is 0 Å². The Morgan fingerprint density at radius 3 is 2.57 bits per heavy atom. The molecule has 1 atom stereocenters. The number of benzene rings is 1. The summed E-state index contributed by atoms with van der Waals surface area (Å²) in [6.45, 7) is 8.24. The van der Waals surface area contributed by atoms with E-state index in [1.807, 2.05) is 13.0 Å². The lowest BCUT2D eigenvalue weighted by atomic mass is 10.0.